The van der Waals surface area contributed by atoms with Gasteiger partial charge in [-0.1, -0.05) is 36.7 Å². The van der Waals surface area contributed by atoms with Crippen LogP contribution in [-0.4, -0.2) is 12.0 Å². The lowest BCUT2D eigenvalue weighted by Crippen LogP contribution is -2.20. The molecule has 100 valence electrons. The molecular weight excluding hydrogens is 256 g/mol. The quantitative estimate of drug-likeness (QED) is 0.914. The van der Waals surface area contributed by atoms with Crippen LogP contribution in [0.15, 0.2) is 36.5 Å². The second-order valence-electron chi connectivity index (χ2n) is 4.63. The van der Waals surface area contributed by atoms with Gasteiger partial charge in [0.05, 0.1) is 11.7 Å². The Morgan fingerprint density at radius 1 is 1.32 bits per heavy atom. The van der Waals surface area contributed by atoms with E-state index < -0.39 is 0 Å². The van der Waals surface area contributed by atoms with Crippen molar-refractivity contribution in [3.05, 3.63) is 63.9 Å². The molecule has 1 unspecified atom stereocenters. The van der Waals surface area contributed by atoms with E-state index in [1.165, 1.54) is 5.56 Å². The van der Waals surface area contributed by atoms with Crippen molar-refractivity contribution in [1.29, 1.82) is 0 Å². The van der Waals surface area contributed by atoms with Crippen LogP contribution in [0.1, 0.15) is 35.3 Å². The van der Waals surface area contributed by atoms with E-state index in [1.54, 1.807) is 0 Å². The first-order valence-corrected chi connectivity index (χ1v) is 6.92. The standard InChI is InChI=1S/C16H19ClN2/c1-4-12-6-5-9-19-16(12)15(18-3)13-8-7-11(2)14(17)10-13/h5-10,15,18H,4H2,1-3H3. The minimum Gasteiger partial charge on any atom is -0.308 e. The Balaban J connectivity index is 2.46. The number of rotatable bonds is 4. The summed E-state index contributed by atoms with van der Waals surface area (Å²) in [5.74, 6) is 0. The Labute approximate surface area is 119 Å². The smallest absolute Gasteiger partial charge is 0.0752 e. The Kier molecular flexibility index (Phi) is 4.56. The van der Waals surface area contributed by atoms with Crippen LogP contribution in [0.4, 0.5) is 0 Å². The zero-order valence-corrected chi connectivity index (χ0v) is 12.3. The van der Waals surface area contributed by atoms with Gasteiger partial charge in [-0.25, -0.2) is 0 Å². The summed E-state index contributed by atoms with van der Waals surface area (Å²) in [5, 5.41) is 4.13. The molecule has 1 aromatic heterocycles. The number of nitrogens with one attached hydrogen (secondary N) is 1. The van der Waals surface area contributed by atoms with Crippen LogP contribution in [0.25, 0.3) is 0 Å². The van der Waals surface area contributed by atoms with Crippen molar-refractivity contribution in [2.24, 2.45) is 0 Å². The van der Waals surface area contributed by atoms with Crippen LogP contribution < -0.4 is 5.32 Å². The molecule has 1 atom stereocenters. The SMILES string of the molecule is CCc1cccnc1C(NC)c1ccc(C)c(Cl)c1. The minimum absolute atomic E-state index is 0.0780. The molecule has 2 rings (SSSR count). The van der Waals surface area contributed by atoms with Gasteiger partial charge in [0, 0.05) is 11.2 Å². The highest BCUT2D eigenvalue weighted by Crippen LogP contribution is 2.27. The number of hydrogen-bond donors (Lipinski definition) is 1. The number of aryl methyl sites for hydroxylation is 2. The molecule has 1 heterocycles. The molecule has 0 aliphatic heterocycles. The molecule has 0 saturated heterocycles. The third-order valence-corrected chi connectivity index (χ3v) is 3.81. The van der Waals surface area contributed by atoms with E-state index in [0.29, 0.717) is 0 Å². The van der Waals surface area contributed by atoms with Gasteiger partial charge < -0.3 is 5.32 Å². The first-order valence-electron chi connectivity index (χ1n) is 6.54. The van der Waals surface area contributed by atoms with Gasteiger partial charge in [0.2, 0.25) is 0 Å². The fourth-order valence-corrected chi connectivity index (χ4v) is 2.45. The largest absolute Gasteiger partial charge is 0.308 e. The van der Waals surface area contributed by atoms with Crippen LogP contribution in [0.3, 0.4) is 0 Å². The zero-order valence-electron chi connectivity index (χ0n) is 11.6. The summed E-state index contributed by atoms with van der Waals surface area (Å²) in [6.07, 6.45) is 2.82. The van der Waals surface area contributed by atoms with Gasteiger partial charge in [-0.15, -0.1) is 0 Å². The molecular formula is C16H19ClN2. The summed E-state index contributed by atoms with van der Waals surface area (Å²) in [7, 11) is 1.95. The number of halogens is 1. The van der Waals surface area contributed by atoms with Gasteiger partial charge in [-0.05, 0) is 49.2 Å². The van der Waals surface area contributed by atoms with Crippen molar-refractivity contribution in [2.75, 3.05) is 7.05 Å². The maximum atomic E-state index is 6.23. The molecule has 0 amide bonds. The number of pyridine rings is 1. The highest BCUT2D eigenvalue weighted by Gasteiger charge is 2.16. The van der Waals surface area contributed by atoms with Crippen molar-refractivity contribution >= 4 is 11.6 Å². The average Bonchev–Trinajstić information content (AvgIpc) is 2.44. The molecule has 2 aromatic rings. The molecule has 19 heavy (non-hydrogen) atoms. The Bertz CT molecular complexity index is 566. The maximum Gasteiger partial charge on any atom is 0.0752 e. The molecule has 1 N–H and O–H groups in total. The summed E-state index contributed by atoms with van der Waals surface area (Å²) in [6.45, 7) is 4.16. The fraction of sp³-hybridized carbons (Fsp3) is 0.312. The van der Waals surface area contributed by atoms with Crippen LogP contribution >= 0.6 is 11.6 Å². The summed E-state index contributed by atoms with van der Waals surface area (Å²) in [5.41, 5.74) is 4.58. The topological polar surface area (TPSA) is 24.9 Å². The Morgan fingerprint density at radius 2 is 2.11 bits per heavy atom. The third-order valence-electron chi connectivity index (χ3n) is 3.40. The van der Waals surface area contributed by atoms with Gasteiger partial charge in [0.25, 0.3) is 0 Å². The van der Waals surface area contributed by atoms with E-state index in [4.69, 9.17) is 11.6 Å². The molecule has 0 spiro atoms. The normalized spacial score (nSPS) is 12.4. The number of aromatic nitrogens is 1. The molecule has 0 aliphatic carbocycles. The van der Waals surface area contributed by atoms with Gasteiger partial charge in [0.1, 0.15) is 0 Å². The van der Waals surface area contributed by atoms with Gasteiger partial charge >= 0.3 is 0 Å². The lowest BCUT2D eigenvalue weighted by molar-refractivity contribution is 0.662. The van der Waals surface area contributed by atoms with E-state index >= 15 is 0 Å². The lowest BCUT2D eigenvalue weighted by atomic mass is 9.97. The van der Waals surface area contributed by atoms with Crippen LogP contribution in [0, 0.1) is 6.92 Å². The summed E-state index contributed by atoms with van der Waals surface area (Å²) >= 11 is 6.23. The average molecular weight is 275 g/mol. The van der Waals surface area contributed by atoms with Crippen LogP contribution in [0.2, 0.25) is 5.02 Å². The van der Waals surface area contributed by atoms with Crippen molar-refractivity contribution < 1.29 is 0 Å². The van der Waals surface area contributed by atoms with E-state index in [9.17, 15) is 0 Å². The van der Waals surface area contributed by atoms with E-state index in [1.807, 2.05) is 32.3 Å². The highest BCUT2D eigenvalue weighted by atomic mass is 35.5. The number of hydrogen-bond acceptors (Lipinski definition) is 2. The molecule has 0 bridgehead atoms. The second-order valence-corrected chi connectivity index (χ2v) is 5.04. The molecule has 2 nitrogen and oxygen atoms in total. The fourth-order valence-electron chi connectivity index (χ4n) is 2.26. The zero-order chi connectivity index (χ0) is 13.8. The van der Waals surface area contributed by atoms with Gasteiger partial charge in [-0.3, -0.25) is 4.98 Å². The van der Waals surface area contributed by atoms with Gasteiger partial charge in [0.15, 0.2) is 0 Å². The summed E-state index contributed by atoms with van der Waals surface area (Å²) < 4.78 is 0. The Hall–Kier alpha value is -1.38. The number of benzene rings is 1. The van der Waals surface area contributed by atoms with Crippen LogP contribution in [0.5, 0.6) is 0 Å². The van der Waals surface area contributed by atoms with E-state index in [-0.39, 0.29) is 6.04 Å². The highest BCUT2D eigenvalue weighted by molar-refractivity contribution is 6.31. The minimum atomic E-state index is 0.0780. The maximum absolute atomic E-state index is 6.23. The van der Waals surface area contributed by atoms with Crippen LogP contribution in [-0.2, 0) is 6.42 Å². The third kappa shape index (κ3) is 2.96. The summed E-state index contributed by atoms with van der Waals surface area (Å²) in [6, 6.07) is 10.4. The van der Waals surface area contributed by atoms with Crippen molar-refractivity contribution in [3.63, 3.8) is 0 Å². The predicted octanol–water partition coefficient (Wildman–Crippen LogP) is 3.91. The first-order chi connectivity index (χ1) is 9.17. The molecule has 0 aliphatic rings. The molecule has 0 fully saturated rings. The van der Waals surface area contributed by atoms with Crippen molar-refractivity contribution in [1.82, 2.24) is 10.3 Å². The lowest BCUT2D eigenvalue weighted by Gasteiger charge is -2.19. The molecule has 3 heteroatoms. The first kappa shape index (κ1) is 14.0. The van der Waals surface area contributed by atoms with E-state index in [0.717, 1.165) is 28.3 Å². The predicted molar refractivity (Wildman–Crippen MR) is 80.7 cm³/mol. The molecule has 1 aromatic carbocycles. The molecule has 0 radical (unpaired) electrons. The van der Waals surface area contributed by atoms with Crippen molar-refractivity contribution in [3.8, 4) is 0 Å². The van der Waals surface area contributed by atoms with E-state index in [2.05, 4.69) is 35.4 Å². The number of nitrogens with zero attached hydrogens (tertiary/aromatic N) is 1. The van der Waals surface area contributed by atoms with Gasteiger partial charge in [-0.2, -0.15) is 0 Å². The Morgan fingerprint density at radius 3 is 2.74 bits per heavy atom. The molecule has 0 saturated carbocycles. The second kappa shape index (κ2) is 6.18. The summed E-state index contributed by atoms with van der Waals surface area (Å²) in [4.78, 5) is 4.54. The van der Waals surface area contributed by atoms with Crippen molar-refractivity contribution in [2.45, 2.75) is 26.3 Å². The monoisotopic (exact) mass is 274 g/mol.